The van der Waals surface area contributed by atoms with Crippen LogP contribution in [0.25, 0.3) is 0 Å². The Balaban J connectivity index is 4.90. The minimum atomic E-state index is -1.28. The van der Waals surface area contributed by atoms with Crippen LogP contribution in [0.15, 0.2) is 4.99 Å². The lowest BCUT2D eigenvalue weighted by Crippen LogP contribution is -2.31. The van der Waals surface area contributed by atoms with Crippen molar-refractivity contribution in [2.24, 2.45) is 10.4 Å². The molecule has 0 aromatic heterocycles. The van der Waals surface area contributed by atoms with Crippen LogP contribution < -0.4 is 0 Å². The SMILES string of the molecule is CCC(CC)(CC)/C(=N\CC#C[Si](C)(C)C)OC. The molecule has 0 aliphatic heterocycles. The van der Waals surface area contributed by atoms with Crippen LogP contribution >= 0.6 is 0 Å². The maximum atomic E-state index is 5.51. The first-order chi connectivity index (χ1) is 8.35. The van der Waals surface area contributed by atoms with Gasteiger partial charge in [0, 0.05) is 5.41 Å². The van der Waals surface area contributed by atoms with E-state index in [-0.39, 0.29) is 5.41 Å². The lowest BCUT2D eigenvalue weighted by molar-refractivity contribution is 0.268. The summed E-state index contributed by atoms with van der Waals surface area (Å²) in [5.41, 5.74) is 3.43. The van der Waals surface area contributed by atoms with Crippen LogP contribution in [-0.4, -0.2) is 27.6 Å². The molecule has 0 rings (SSSR count). The molecular weight excluding hydrogens is 238 g/mol. The van der Waals surface area contributed by atoms with E-state index in [9.17, 15) is 0 Å². The highest BCUT2D eigenvalue weighted by Gasteiger charge is 2.31. The van der Waals surface area contributed by atoms with Crippen LogP contribution in [0.1, 0.15) is 40.0 Å². The van der Waals surface area contributed by atoms with Gasteiger partial charge in [-0.3, -0.25) is 0 Å². The van der Waals surface area contributed by atoms with Gasteiger partial charge in [0.1, 0.15) is 14.6 Å². The smallest absolute Gasteiger partial charge is 0.190 e. The lowest BCUT2D eigenvalue weighted by atomic mass is 9.79. The van der Waals surface area contributed by atoms with Crippen LogP contribution in [0.5, 0.6) is 0 Å². The molecule has 0 heterocycles. The highest BCUT2D eigenvalue weighted by molar-refractivity contribution is 6.83. The first kappa shape index (κ1) is 17.2. The predicted octanol–water partition coefficient (Wildman–Crippen LogP) is 4.13. The van der Waals surface area contributed by atoms with E-state index in [4.69, 9.17) is 4.74 Å². The zero-order valence-corrected chi connectivity index (χ0v) is 14.2. The molecule has 2 nitrogen and oxygen atoms in total. The fourth-order valence-corrected chi connectivity index (χ4v) is 2.68. The summed E-state index contributed by atoms with van der Waals surface area (Å²) in [6, 6.07) is 0. The number of ether oxygens (including phenoxy) is 1. The summed E-state index contributed by atoms with van der Waals surface area (Å²) in [4.78, 5) is 4.57. The van der Waals surface area contributed by atoms with Crippen LogP contribution in [0, 0.1) is 16.9 Å². The molecule has 0 saturated heterocycles. The predicted molar refractivity (Wildman–Crippen MR) is 83.7 cm³/mol. The molecule has 18 heavy (non-hydrogen) atoms. The molecule has 0 bridgehead atoms. The van der Waals surface area contributed by atoms with Gasteiger partial charge in [0.2, 0.25) is 0 Å². The molecule has 0 saturated carbocycles. The number of hydrogen-bond donors (Lipinski definition) is 0. The van der Waals surface area contributed by atoms with Crippen molar-refractivity contribution >= 4 is 14.0 Å². The summed E-state index contributed by atoms with van der Waals surface area (Å²) >= 11 is 0. The van der Waals surface area contributed by atoms with Crippen molar-refractivity contribution in [2.75, 3.05) is 13.7 Å². The van der Waals surface area contributed by atoms with Crippen molar-refractivity contribution in [1.82, 2.24) is 0 Å². The second kappa shape index (κ2) is 7.63. The zero-order chi connectivity index (χ0) is 14.2. The van der Waals surface area contributed by atoms with E-state index in [1.165, 1.54) is 0 Å². The van der Waals surface area contributed by atoms with Gasteiger partial charge >= 0.3 is 0 Å². The van der Waals surface area contributed by atoms with Crippen molar-refractivity contribution < 1.29 is 4.74 Å². The average Bonchev–Trinajstić information content (AvgIpc) is 2.33. The van der Waals surface area contributed by atoms with E-state index in [1.54, 1.807) is 7.11 Å². The molecule has 3 heteroatoms. The molecule has 0 radical (unpaired) electrons. The Morgan fingerprint density at radius 1 is 1.11 bits per heavy atom. The number of rotatable bonds is 5. The lowest BCUT2D eigenvalue weighted by Gasteiger charge is -2.30. The van der Waals surface area contributed by atoms with Gasteiger partial charge in [0.05, 0.1) is 7.11 Å². The van der Waals surface area contributed by atoms with Gasteiger partial charge in [-0.2, -0.15) is 0 Å². The molecule has 0 fully saturated rings. The largest absolute Gasteiger partial charge is 0.484 e. The second-order valence-electron chi connectivity index (χ2n) is 5.72. The van der Waals surface area contributed by atoms with E-state index >= 15 is 0 Å². The van der Waals surface area contributed by atoms with E-state index < -0.39 is 8.07 Å². The van der Waals surface area contributed by atoms with Gasteiger partial charge in [-0.1, -0.05) is 46.3 Å². The minimum absolute atomic E-state index is 0.0928. The Morgan fingerprint density at radius 2 is 1.61 bits per heavy atom. The van der Waals surface area contributed by atoms with E-state index in [0.717, 1.165) is 25.2 Å². The van der Waals surface area contributed by atoms with E-state index in [0.29, 0.717) is 6.54 Å². The van der Waals surface area contributed by atoms with Crippen LogP contribution in [-0.2, 0) is 4.74 Å². The van der Waals surface area contributed by atoms with Gasteiger partial charge < -0.3 is 4.74 Å². The van der Waals surface area contributed by atoms with Crippen molar-refractivity contribution in [3.63, 3.8) is 0 Å². The molecular formula is C15H29NOSi. The third-order valence-corrected chi connectivity index (χ3v) is 4.37. The molecule has 0 aromatic carbocycles. The quantitative estimate of drug-likeness (QED) is 0.318. The monoisotopic (exact) mass is 267 g/mol. The van der Waals surface area contributed by atoms with Gasteiger partial charge in [-0.15, -0.1) is 5.54 Å². The zero-order valence-electron chi connectivity index (χ0n) is 13.2. The maximum Gasteiger partial charge on any atom is 0.190 e. The summed E-state index contributed by atoms with van der Waals surface area (Å²) in [5.74, 6) is 4.05. The van der Waals surface area contributed by atoms with Crippen molar-refractivity contribution in [1.29, 1.82) is 0 Å². The molecule has 0 aliphatic carbocycles. The van der Waals surface area contributed by atoms with Crippen molar-refractivity contribution in [2.45, 2.75) is 59.7 Å². The summed E-state index contributed by atoms with van der Waals surface area (Å²) in [6.45, 7) is 13.9. The standard InChI is InChI=1S/C15H29NOSi/c1-8-15(9-2,10-3)14(17-4)16-12-11-13-18(5,6)7/h8-10,12H2,1-7H3/b16-14+. The van der Waals surface area contributed by atoms with Crippen LogP contribution in [0.2, 0.25) is 19.6 Å². The molecule has 0 amide bonds. The van der Waals surface area contributed by atoms with E-state index in [2.05, 4.69) is 56.9 Å². The molecule has 0 unspecified atom stereocenters. The summed E-state index contributed by atoms with van der Waals surface area (Å²) in [5, 5.41) is 0. The highest BCUT2D eigenvalue weighted by Crippen LogP contribution is 2.32. The Hall–Kier alpha value is -0.753. The molecule has 0 N–H and O–H groups in total. The fraction of sp³-hybridized carbons (Fsp3) is 0.800. The Labute approximate surface area is 114 Å². The third-order valence-electron chi connectivity index (χ3n) is 3.44. The van der Waals surface area contributed by atoms with Crippen LogP contribution in [0.3, 0.4) is 0 Å². The molecule has 0 aliphatic rings. The topological polar surface area (TPSA) is 21.6 Å². The highest BCUT2D eigenvalue weighted by atomic mass is 28.3. The molecule has 0 atom stereocenters. The van der Waals surface area contributed by atoms with E-state index in [1.807, 2.05) is 0 Å². The van der Waals surface area contributed by atoms with Crippen molar-refractivity contribution in [3.8, 4) is 11.5 Å². The fourth-order valence-electron chi connectivity index (χ4n) is 2.07. The summed E-state index contributed by atoms with van der Waals surface area (Å²) in [6.07, 6.45) is 3.19. The number of aliphatic imine (C=N–C) groups is 1. The molecule has 0 spiro atoms. The van der Waals surface area contributed by atoms with Crippen LogP contribution in [0.4, 0.5) is 0 Å². The average molecular weight is 267 g/mol. The number of hydrogen-bond acceptors (Lipinski definition) is 2. The first-order valence-corrected chi connectivity index (χ1v) is 10.4. The Kier molecular flexibility index (Phi) is 7.31. The van der Waals surface area contributed by atoms with Gasteiger partial charge in [-0.05, 0) is 19.3 Å². The van der Waals surface area contributed by atoms with Crippen molar-refractivity contribution in [3.05, 3.63) is 0 Å². The first-order valence-electron chi connectivity index (χ1n) is 6.94. The minimum Gasteiger partial charge on any atom is -0.484 e. The summed E-state index contributed by atoms with van der Waals surface area (Å²) in [7, 11) is 0.441. The Morgan fingerprint density at radius 3 is 1.94 bits per heavy atom. The van der Waals surface area contributed by atoms with Gasteiger partial charge in [0.15, 0.2) is 5.90 Å². The van der Waals surface area contributed by atoms with Gasteiger partial charge in [0.25, 0.3) is 0 Å². The normalized spacial score (nSPS) is 12.9. The van der Waals surface area contributed by atoms with Gasteiger partial charge in [-0.25, -0.2) is 4.99 Å². The third kappa shape index (κ3) is 5.26. The maximum absolute atomic E-state index is 5.51. The summed E-state index contributed by atoms with van der Waals surface area (Å²) < 4.78 is 5.51. The molecule has 104 valence electrons. The molecule has 0 aromatic rings. The number of nitrogens with zero attached hydrogens (tertiary/aromatic N) is 1. The Bertz CT molecular complexity index is 318. The number of methoxy groups -OCH3 is 1. The second-order valence-corrected chi connectivity index (χ2v) is 10.5.